The van der Waals surface area contributed by atoms with E-state index in [0.717, 1.165) is 9.87 Å². The maximum atomic E-state index is 13.7. The molecule has 1 atom stereocenters. The fourth-order valence-electron chi connectivity index (χ4n) is 4.85. The Morgan fingerprint density at radius 2 is 1.77 bits per heavy atom. The summed E-state index contributed by atoms with van der Waals surface area (Å²) in [5, 5.41) is 14.1. The van der Waals surface area contributed by atoms with Crippen molar-refractivity contribution in [2.24, 2.45) is 0 Å². The first kappa shape index (κ1) is 29.9. The van der Waals surface area contributed by atoms with Gasteiger partial charge in [0.25, 0.3) is 5.91 Å². The average molecular weight is 608 g/mol. The van der Waals surface area contributed by atoms with E-state index in [2.05, 4.69) is 20.9 Å². The lowest BCUT2D eigenvalue weighted by Gasteiger charge is -2.23. The zero-order chi connectivity index (χ0) is 30.6. The largest absolute Gasteiger partial charge is 0.492 e. The number of hydrogen-bond acceptors (Lipinski definition) is 9. The molecular weight excluding hydrogens is 574 g/mol. The molecule has 13 nitrogen and oxygen atoms in total. The molecule has 0 fully saturated rings. The monoisotopic (exact) mass is 607 g/mol. The van der Waals surface area contributed by atoms with Gasteiger partial charge in [-0.25, -0.2) is 18.1 Å². The predicted molar refractivity (Wildman–Crippen MR) is 156 cm³/mol. The van der Waals surface area contributed by atoms with Crippen LogP contribution in [0.4, 0.5) is 0 Å². The van der Waals surface area contributed by atoms with Crippen LogP contribution in [-0.4, -0.2) is 70.7 Å². The zero-order valence-corrected chi connectivity index (χ0v) is 24.9. The molecule has 4 aromatic rings. The van der Waals surface area contributed by atoms with E-state index < -0.39 is 28.5 Å². The molecule has 0 aliphatic carbocycles. The average Bonchev–Trinajstić information content (AvgIpc) is 3.57. The zero-order valence-electron chi connectivity index (χ0n) is 24.1. The van der Waals surface area contributed by atoms with Crippen LogP contribution in [0.5, 0.6) is 5.75 Å². The van der Waals surface area contributed by atoms with Gasteiger partial charge in [-0.2, -0.15) is 9.40 Å². The number of carbonyl (C=O) groups is 2. The lowest BCUT2D eigenvalue weighted by atomic mass is 10.2. The van der Waals surface area contributed by atoms with Gasteiger partial charge in [-0.1, -0.05) is 41.6 Å². The Morgan fingerprint density at radius 3 is 2.51 bits per heavy atom. The van der Waals surface area contributed by atoms with E-state index in [4.69, 9.17) is 14.2 Å². The van der Waals surface area contributed by atoms with Gasteiger partial charge in [0.05, 0.1) is 19.1 Å². The van der Waals surface area contributed by atoms with E-state index in [0.29, 0.717) is 29.5 Å². The predicted octanol–water partition coefficient (Wildman–Crippen LogP) is 2.63. The van der Waals surface area contributed by atoms with Crippen LogP contribution in [0.3, 0.4) is 0 Å². The molecule has 43 heavy (non-hydrogen) atoms. The highest BCUT2D eigenvalue weighted by molar-refractivity contribution is 7.89. The van der Waals surface area contributed by atoms with Crippen molar-refractivity contribution in [3.8, 4) is 17.1 Å². The minimum atomic E-state index is -4.15. The van der Waals surface area contributed by atoms with Crippen molar-refractivity contribution in [3.63, 3.8) is 0 Å². The lowest BCUT2D eigenvalue weighted by Crippen LogP contribution is -2.43. The first-order valence-corrected chi connectivity index (χ1v) is 15.3. The fraction of sp³-hybridized carbons (Fsp3) is 0.345. The van der Waals surface area contributed by atoms with Gasteiger partial charge in [-0.3, -0.25) is 9.59 Å². The first-order valence-electron chi connectivity index (χ1n) is 13.9. The quantitative estimate of drug-likeness (QED) is 0.357. The normalized spacial score (nSPS) is 17.6. The molecule has 0 radical (unpaired) electrons. The van der Waals surface area contributed by atoms with Crippen molar-refractivity contribution in [3.05, 3.63) is 77.4 Å². The van der Waals surface area contributed by atoms with Crippen LogP contribution in [-0.2, 0) is 21.4 Å². The highest BCUT2D eigenvalue weighted by atomic mass is 32.2. The van der Waals surface area contributed by atoms with Crippen molar-refractivity contribution in [1.29, 1.82) is 0 Å². The molecule has 226 valence electrons. The van der Waals surface area contributed by atoms with Gasteiger partial charge in [0.15, 0.2) is 11.6 Å². The summed E-state index contributed by atoms with van der Waals surface area (Å²) in [6.07, 6.45) is 0.252. The van der Waals surface area contributed by atoms with E-state index in [1.165, 1.54) is 13.8 Å². The van der Waals surface area contributed by atoms with Crippen LogP contribution >= 0.6 is 0 Å². The number of amides is 2. The SMILES string of the molecule is Cc1noc(C)c1S(=O)(=O)N1CCCNC(=O)c2cccc(c2)OCCn2nc(-c3ccccc3)nc2[C@H](C)NC(=O)C1. The summed E-state index contributed by atoms with van der Waals surface area (Å²) in [5.41, 5.74) is 1.40. The summed E-state index contributed by atoms with van der Waals surface area (Å²) in [6.45, 7) is 5.01. The van der Waals surface area contributed by atoms with Crippen molar-refractivity contribution >= 4 is 21.8 Å². The van der Waals surface area contributed by atoms with Gasteiger partial charge in [-0.15, -0.1) is 0 Å². The van der Waals surface area contributed by atoms with E-state index in [-0.39, 0.29) is 48.4 Å². The fourth-order valence-corrected chi connectivity index (χ4v) is 6.58. The third kappa shape index (κ3) is 6.75. The first-order chi connectivity index (χ1) is 20.6. The molecule has 14 heteroatoms. The van der Waals surface area contributed by atoms with Crippen molar-refractivity contribution in [2.45, 2.75) is 44.7 Å². The number of aryl methyl sites for hydroxylation is 2. The second-order valence-electron chi connectivity index (χ2n) is 10.1. The van der Waals surface area contributed by atoms with Crippen LogP contribution in [0.15, 0.2) is 64.0 Å². The van der Waals surface area contributed by atoms with Crippen LogP contribution in [0.1, 0.15) is 47.0 Å². The minimum Gasteiger partial charge on any atom is -0.492 e. The number of benzene rings is 2. The molecule has 1 aliphatic rings. The second-order valence-corrected chi connectivity index (χ2v) is 12.0. The number of aromatic nitrogens is 4. The molecule has 2 amide bonds. The van der Waals surface area contributed by atoms with Gasteiger partial charge in [0, 0.05) is 24.2 Å². The smallest absolute Gasteiger partial charge is 0.251 e. The van der Waals surface area contributed by atoms with Gasteiger partial charge in [0.2, 0.25) is 15.9 Å². The second kappa shape index (κ2) is 12.8. The number of nitrogens with one attached hydrogen (secondary N) is 2. The Bertz CT molecular complexity index is 1700. The number of carbonyl (C=O) groups excluding carboxylic acids is 2. The minimum absolute atomic E-state index is 0.0358. The molecule has 3 heterocycles. The summed E-state index contributed by atoms with van der Waals surface area (Å²) in [7, 11) is -4.15. The van der Waals surface area contributed by atoms with E-state index in [1.54, 1.807) is 35.9 Å². The van der Waals surface area contributed by atoms with Gasteiger partial charge >= 0.3 is 0 Å². The summed E-state index contributed by atoms with van der Waals surface area (Å²) < 4.78 is 41.2. The Labute approximate surface area is 249 Å². The van der Waals surface area contributed by atoms with Crippen molar-refractivity contribution in [2.75, 3.05) is 26.2 Å². The third-order valence-corrected chi connectivity index (χ3v) is 9.01. The molecule has 5 rings (SSSR count). The molecule has 0 saturated heterocycles. The molecular formula is C29H33N7O6S. The molecule has 2 aromatic heterocycles. The van der Waals surface area contributed by atoms with Crippen LogP contribution < -0.4 is 15.4 Å². The van der Waals surface area contributed by atoms with Gasteiger partial charge in [-0.05, 0) is 45.4 Å². The van der Waals surface area contributed by atoms with E-state index >= 15 is 0 Å². The number of rotatable bonds is 3. The molecule has 0 saturated carbocycles. The van der Waals surface area contributed by atoms with Gasteiger partial charge < -0.3 is 19.9 Å². The van der Waals surface area contributed by atoms with Crippen molar-refractivity contribution in [1.82, 2.24) is 34.9 Å². The van der Waals surface area contributed by atoms with Crippen LogP contribution in [0.2, 0.25) is 0 Å². The molecule has 2 aromatic carbocycles. The lowest BCUT2D eigenvalue weighted by molar-refractivity contribution is -0.122. The van der Waals surface area contributed by atoms with Crippen LogP contribution in [0, 0.1) is 13.8 Å². The maximum absolute atomic E-state index is 13.7. The Balaban J connectivity index is 1.48. The molecule has 1 aliphatic heterocycles. The van der Waals surface area contributed by atoms with Crippen molar-refractivity contribution < 1.29 is 27.3 Å². The summed E-state index contributed by atoms with van der Waals surface area (Å²) in [6, 6.07) is 15.6. The Kier molecular flexibility index (Phi) is 8.87. The number of ether oxygens (including phenoxy) is 1. The topological polar surface area (TPSA) is 162 Å². The molecule has 0 unspecified atom stereocenters. The summed E-state index contributed by atoms with van der Waals surface area (Å²) in [4.78, 5) is 30.8. The third-order valence-electron chi connectivity index (χ3n) is 6.92. The number of fused-ring (bicyclic) bond motifs is 3. The number of sulfonamides is 1. The Morgan fingerprint density at radius 1 is 1.00 bits per heavy atom. The maximum Gasteiger partial charge on any atom is 0.251 e. The number of hydrogen-bond donors (Lipinski definition) is 2. The van der Waals surface area contributed by atoms with E-state index in [9.17, 15) is 18.0 Å². The standard InChI is InChI=1S/C29H33N7O6S/c1-19-26(21(3)42-34-19)43(39,40)35-14-8-13-30-29(38)23-11-7-12-24(17-23)41-16-15-36-28(20(2)31-25(37)18-35)32-27(33-36)22-9-5-4-6-10-22/h4-7,9-12,17,20H,8,13-16,18H2,1-3H3,(H,30,38)(H,31,37)/t20-/m0/s1. The molecule has 2 N–H and O–H groups in total. The molecule has 0 spiro atoms. The number of nitrogens with zero attached hydrogens (tertiary/aromatic N) is 5. The highest BCUT2D eigenvalue weighted by Gasteiger charge is 2.33. The molecule has 2 bridgehead atoms. The van der Waals surface area contributed by atoms with Crippen LogP contribution in [0.25, 0.3) is 11.4 Å². The van der Waals surface area contributed by atoms with E-state index in [1.807, 2.05) is 30.3 Å². The van der Waals surface area contributed by atoms with Gasteiger partial charge in [0.1, 0.15) is 28.8 Å². The summed E-state index contributed by atoms with van der Waals surface area (Å²) in [5.74, 6) is 0.730. The Hall–Kier alpha value is -4.56. The summed E-state index contributed by atoms with van der Waals surface area (Å²) >= 11 is 0. The highest BCUT2D eigenvalue weighted by Crippen LogP contribution is 2.24.